The standard InChI is InChI=1S/C27H18F26O7S/c1-10-2-4-11(5-3-10)61(58,59)60-15(14(56)57,8-9-17(30,31)19(34,35)21(38,39)23(42,43)25(46,47)27(51,52)53)12(13(54)55)6-7-16(28,29)18(32,33)20(36,37)22(40,41)24(44,45)26(48,49)50/h2-5,12H,6-9H2,1H3,(H,54,55)(H,56,57). The van der Waals surface area contributed by atoms with Crippen molar-refractivity contribution in [1.82, 2.24) is 0 Å². The highest BCUT2D eigenvalue weighted by atomic mass is 32.2. The number of carbonyl (C=O) groups is 2. The molecule has 2 atom stereocenters. The molecule has 0 bridgehead atoms. The fraction of sp³-hybridized carbons (Fsp3) is 0.704. The fourth-order valence-corrected chi connectivity index (χ4v) is 5.88. The van der Waals surface area contributed by atoms with Crippen LogP contribution in [0.2, 0.25) is 0 Å². The lowest BCUT2D eigenvalue weighted by molar-refractivity contribution is -0.440. The molecule has 0 radical (unpaired) electrons. The average Bonchev–Trinajstić information content (AvgIpc) is 3.05. The summed E-state index contributed by atoms with van der Waals surface area (Å²) < 4.78 is 384. The van der Waals surface area contributed by atoms with Crippen LogP contribution in [0.5, 0.6) is 0 Å². The molecule has 0 fully saturated rings. The Hall–Kier alpha value is -3.75. The van der Waals surface area contributed by atoms with Crippen molar-refractivity contribution in [3.05, 3.63) is 29.8 Å². The van der Waals surface area contributed by atoms with Crippen LogP contribution in [0.15, 0.2) is 29.2 Å². The largest absolute Gasteiger partial charge is 0.481 e. The van der Waals surface area contributed by atoms with Gasteiger partial charge in [-0.05, 0) is 31.9 Å². The second-order valence-electron chi connectivity index (χ2n) is 12.5. The molecule has 1 aromatic carbocycles. The van der Waals surface area contributed by atoms with Gasteiger partial charge in [0.1, 0.15) is 0 Å². The maximum Gasteiger partial charge on any atom is 0.460 e. The van der Waals surface area contributed by atoms with Gasteiger partial charge in [-0.25, -0.2) is 8.98 Å². The highest BCUT2D eigenvalue weighted by Crippen LogP contribution is 2.63. The summed E-state index contributed by atoms with van der Waals surface area (Å²) in [5.41, 5.74) is -5.37. The molecule has 0 aliphatic carbocycles. The number of carboxylic acid groups (broad SMARTS) is 2. The topological polar surface area (TPSA) is 118 Å². The quantitative estimate of drug-likeness (QED) is 0.0987. The second-order valence-corrected chi connectivity index (χ2v) is 14.0. The molecule has 0 aliphatic heterocycles. The molecule has 0 heterocycles. The van der Waals surface area contributed by atoms with Crippen LogP contribution in [-0.2, 0) is 23.9 Å². The molecule has 356 valence electrons. The number of hydrogen-bond acceptors (Lipinski definition) is 5. The summed E-state index contributed by atoms with van der Waals surface area (Å²) >= 11 is 0. The van der Waals surface area contributed by atoms with E-state index < -0.39 is 136 Å². The van der Waals surface area contributed by atoms with Gasteiger partial charge >= 0.3 is 83.5 Å². The maximum atomic E-state index is 14.8. The normalized spacial score (nSPS) is 16.9. The van der Waals surface area contributed by atoms with Gasteiger partial charge in [0.15, 0.2) is 5.60 Å². The molecule has 7 nitrogen and oxygen atoms in total. The van der Waals surface area contributed by atoms with Crippen LogP contribution in [0.3, 0.4) is 0 Å². The third kappa shape index (κ3) is 8.79. The number of carboxylic acids is 2. The molecule has 0 amide bonds. The Morgan fingerprint density at radius 1 is 0.508 bits per heavy atom. The molecule has 2 unspecified atom stereocenters. The molecule has 1 aromatic rings. The first kappa shape index (κ1) is 55.3. The molecule has 34 heteroatoms. The van der Waals surface area contributed by atoms with Crippen LogP contribution in [0, 0.1) is 12.8 Å². The minimum Gasteiger partial charge on any atom is -0.481 e. The number of aliphatic carboxylic acids is 2. The highest BCUT2D eigenvalue weighted by molar-refractivity contribution is 7.86. The van der Waals surface area contributed by atoms with Gasteiger partial charge in [-0.3, -0.25) is 4.79 Å². The molecule has 0 aromatic heterocycles. The summed E-state index contributed by atoms with van der Waals surface area (Å²) in [7, 11) is -6.42. The Morgan fingerprint density at radius 2 is 0.820 bits per heavy atom. The summed E-state index contributed by atoms with van der Waals surface area (Å²) in [5, 5.41) is 19.3. The highest BCUT2D eigenvalue weighted by Gasteiger charge is 2.92. The summed E-state index contributed by atoms with van der Waals surface area (Å²) in [4.78, 5) is 22.9. The fourth-order valence-electron chi connectivity index (χ4n) is 4.66. The van der Waals surface area contributed by atoms with Gasteiger partial charge in [0.25, 0.3) is 10.1 Å². The Morgan fingerprint density at radius 3 is 1.11 bits per heavy atom. The van der Waals surface area contributed by atoms with Gasteiger partial charge in [-0.1, -0.05) is 17.7 Å². The zero-order chi connectivity index (χ0) is 49.3. The monoisotopic (exact) mass is 980 g/mol. The van der Waals surface area contributed by atoms with Crippen molar-refractivity contribution < 1.29 is 147 Å². The Labute approximate surface area is 319 Å². The van der Waals surface area contributed by atoms with Crippen LogP contribution in [0.4, 0.5) is 114 Å². The van der Waals surface area contributed by atoms with Gasteiger partial charge in [0.05, 0.1) is 10.8 Å². The van der Waals surface area contributed by atoms with Crippen LogP contribution < -0.4 is 0 Å². The zero-order valence-corrected chi connectivity index (χ0v) is 29.2. The molecular weight excluding hydrogens is 962 g/mol. The number of alkyl halides is 26. The zero-order valence-electron chi connectivity index (χ0n) is 28.4. The number of aryl methyl sites for hydroxylation is 1. The number of hydrogen-bond donors (Lipinski definition) is 2. The average molecular weight is 980 g/mol. The van der Waals surface area contributed by atoms with E-state index in [1.165, 1.54) is 0 Å². The maximum absolute atomic E-state index is 14.8. The van der Waals surface area contributed by atoms with E-state index in [-0.39, 0.29) is 17.7 Å². The smallest absolute Gasteiger partial charge is 0.460 e. The van der Waals surface area contributed by atoms with Gasteiger partial charge in [-0.15, -0.1) is 0 Å². The van der Waals surface area contributed by atoms with E-state index >= 15 is 0 Å². The molecule has 0 spiro atoms. The van der Waals surface area contributed by atoms with Crippen molar-refractivity contribution in [2.24, 2.45) is 5.92 Å². The van der Waals surface area contributed by atoms with E-state index in [4.69, 9.17) is 0 Å². The third-order valence-electron chi connectivity index (χ3n) is 8.35. The van der Waals surface area contributed by atoms with Crippen molar-refractivity contribution in [1.29, 1.82) is 0 Å². The number of halogens is 26. The van der Waals surface area contributed by atoms with E-state index in [1.54, 1.807) is 0 Å². The third-order valence-corrected chi connectivity index (χ3v) is 9.71. The first-order chi connectivity index (χ1) is 26.4. The number of rotatable bonds is 20. The first-order valence-corrected chi connectivity index (χ1v) is 16.2. The molecule has 1 rings (SSSR count). The van der Waals surface area contributed by atoms with Gasteiger partial charge in [-0.2, -0.15) is 123 Å². The van der Waals surface area contributed by atoms with Crippen molar-refractivity contribution in [2.45, 2.75) is 115 Å². The molecule has 0 saturated heterocycles. The van der Waals surface area contributed by atoms with Crippen molar-refractivity contribution >= 4 is 22.1 Å². The van der Waals surface area contributed by atoms with Crippen molar-refractivity contribution in [3.8, 4) is 0 Å². The molecule has 61 heavy (non-hydrogen) atoms. The van der Waals surface area contributed by atoms with Crippen LogP contribution >= 0.6 is 0 Å². The lowest BCUT2D eigenvalue weighted by Crippen LogP contribution is -2.70. The van der Waals surface area contributed by atoms with Crippen LogP contribution in [-0.4, -0.2) is 108 Å². The second kappa shape index (κ2) is 15.8. The van der Waals surface area contributed by atoms with E-state index in [1.807, 2.05) is 0 Å². The lowest BCUT2D eigenvalue weighted by Gasteiger charge is -2.41. The van der Waals surface area contributed by atoms with Crippen LogP contribution in [0.25, 0.3) is 0 Å². The van der Waals surface area contributed by atoms with Crippen molar-refractivity contribution in [2.75, 3.05) is 0 Å². The predicted molar refractivity (Wildman–Crippen MR) is 141 cm³/mol. The minimum absolute atomic E-state index is 0.00102. The summed E-state index contributed by atoms with van der Waals surface area (Å²) in [5.74, 6) is -94.6. The van der Waals surface area contributed by atoms with Gasteiger partial charge in [0.2, 0.25) is 0 Å². The Bertz CT molecular complexity index is 1870. The molecular formula is C27H18F26O7S. The van der Waals surface area contributed by atoms with Crippen molar-refractivity contribution in [3.63, 3.8) is 0 Å². The van der Waals surface area contributed by atoms with Gasteiger partial charge in [0, 0.05) is 12.8 Å². The lowest BCUT2D eigenvalue weighted by atomic mass is 9.77. The minimum atomic E-state index is -8.68. The SMILES string of the molecule is Cc1ccc(S(=O)(=O)OC(CCC(F)(F)C(F)(F)C(F)(F)C(F)(F)C(F)(F)C(F)(F)F)(C(=O)O)C(CCC(F)(F)C(F)(F)C(F)(F)C(F)(F)C(F)(F)C(F)(F)F)C(=O)O)cc1. The molecule has 0 saturated carbocycles. The predicted octanol–water partition coefficient (Wildman–Crippen LogP) is 10.3. The number of benzene rings is 1. The van der Waals surface area contributed by atoms with E-state index in [2.05, 4.69) is 4.18 Å². The van der Waals surface area contributed by atoms with Gasteiger partial charge < -0.3 is 10.2 Å². The first-order valence-electron chi connectivity index (χ1n) is 14.8. The van der Waals surface area contributed by atoms with Crippen LogP contribution in [0.1, 0.15) is 31.2 Å². The Kier molecular flexibility index (Phi) is 14.3. The molecule has 0 aliphatic rings. The van der Waals surface area contributed by atoms with E-state index in [0.29, 0.717) is 12.1 Å². The van der Waals surface area contributed by atoms with E-state index in [9.17, 15) is 142 Å². The summed E-state index contributed by atoms with van der Waals surface area (Å²) in [6.07, 6.45) is -30.5. The Balaban J connectivity index is 4.12. The summed E-state index contributed by atoms with van der Waals surface area (Å²) in [6, 6.07) is 1.85. The molecule has 2 N–H and O–H groups in total. The van der Waals surface area contributed by atoms with E-state index in [0.717, 1.165) is 6.92 Å². The summed E-state index contributed by atoms with van der Waals surface area (Å²) in [6.45, 7) is 1.12.